The molecule has 0 atom stereocenters. The van der Waals surface area contributed by atoms with E-state index in [1.165, 1.54) is 14.0 Å². The van der Waals surface area contributed by atoms with Crippen LogP contribution >= 0.6 is 0 Å². The van der Waals surface area contributed by atoms with Gasteiger partial charge in [-0.2, -0.15) is 0 Å². The third-order valence-electron chi connectivity index (χ3n) is 5.62. The number of anilines is 2. The van der Waals surface area contributed by atoms with E-state index in [1.54, 1.807) is 67.6 Å². The van der Waals surface area contributed by atoms with Crippen LogP contribution in [0.5, 0.6) is 5.75 Å². The highest BCUT2D eigenvalue weighted by molar-refractivity contribution is 6.21. The van der Waals surface area contributed by atoms with E-state index in [9.17, 15) is 19.2 Å². The Morgan fingerprint density at radius 3 is 2.09 bits per heavy atom. The maximum absolute atomic E-state index is 13.2. The zero-order chi connectivity index (χ0) is 24.4. The van der Waals surface area contributed by atoms with Gasteiger partial charge in [-0.3, -0.25) is 24.1 Å². The summed E-state index contributed by atoms with van der Waals surface area (Å²) in [6.45, 7) is 3.22. The van der Waals surface area contributed by atoms with Crippen molar-refractivity contribution in [2.24, 2.45) is 0 Å². The summed E-state index contributed by atoms with van der Waals surface area (Å²) in [5.41, 5.74) is 3.42. The van der Waals surface area contributed by atoms with Crippen molar-refractivity contribution in [1.82, 2.24) is 4.90 Å². The Hall–Kier alpha value is -4.46. The quantitative estimate of drug-likeness (QED) is 0.544. The lowest BCUT2D eigenvalue weighted by molar-refractivity contribution is -0.114. The number of fused-ring (bicyclic) bond motifs is 1. The van der Waals surface area contributed by atoms with Gasteiger partial charge in [0.05, 0.1) is 30.3 Å². The summed E-state index contributed by atoms with van der Waals surface area (Å²) < 4.78 is 5.36. The van der Waals surface area contributed by atoms with Gasteiger partial charge >= 0.3 is 0 Å². The molecule has 34 heavy (non-hydrogen) atoms. The standard InChI is InChI=1S/C26H23N3O5/c1-15-21(27-16(2)30)9-6-10-22(15)28-24(31)20-13-17(11-12-23(20)34-3)14-29-25(32)18-7-4-5-8-19(18)26(29)33/h4-13H,14H2,1-3H3,(H,27,30)(H,28,31). The molecule has 0 spiro atoms. The van der Waals surface area contributed by atoms with Crippen LogP contribution < -0.4 is 15.4 Å². The average molecular weight is 457 g/mol. The van der Waals surface area contributed by atoms with Crippen LogP contribution in [-0.4, -0.2) is 35.6 Å². The van der Waals surface area contributed by atoms with Gasteiger partial charge in [0.2, 0.25) is 5.91 Å². The molecule has 8 nitrogen and oxygen atoms in total. The number of amides is 4. The van der Waals surface area contributed by atoms with Crippen molar-refractivity contribution in [1.29, 1.82) is 0 Å². The Morgan fingerprint density at radius 1 is 0.882 bits per heavy atom. The summed E-state index contributed by atoms with van der Waals surface area (Å²) in [7, 11) is 1.46. The Labute approximate surface area is 196 Å². The monoisotopic (exact) mass is 457 g/mol. The molecule has 3 aromatic rings. The van der Waals surface area contributed by atoms with E-state index >= 15 is 0 Å². The van der Waals surface area contributed by atoms with Crippen LogP contribution in [0.15, 0.2) is 60.7 Å². The minimum atomic E-state index is -0.427. The van der Waals surface area contributed by atoms with Crippen molar-refractivity contribution < 1.29 is 23.9 Å². The van der Waals surface area contributed by atoms with Crippen LogP contribution in [0.1, 0.15) is 49.1 Å². The second kappa shape index (κ2) is 9.19. The molecule has 172 valence electrons. The van der Waals surface area contributed by atoms with Gasteiger partial charge in [0.1, 0.15) is 5.75 Å². The molecule has 4 amide bonds. The molecule has 0 radical (unpaired) electrons. The fourth-order valence-electron chi connectivity index (χ4n) is 3.88. The zero-order valence-electron chi connectivity index (χ0n) is 19.0. The first-order chi connectivity index (χ1) is 16.3. The van der Waals surface area contributed by atoms with E-state index in [2.05, 4.69) is 10.6 Å². The third-order valence-corrected chi connectivity index (χ3v) is 5.62. The van der Waals surface area contributed by atoms with Crippen molar-refractivity contribution in [3.8, 4) is 5.75 Å². The summed E-state index contributed by atoms with van der Waals surface area (Å²) in [5, 5.41) is 5.58. The molecule has 3 aromatic carbocycles. The highest BCUT2D eigenvalue weighted by Gasteiger charge is 2.35. The minimum Gasteiger partial charge on any atom is -0.496 e. The molecule has 1 aliphatic heterocycles. The van der Waals surface area contributed by atoms with Crippen molar-refractivity contribution in [3.05, 3.63) is 88.5 Å². The van der Waals surface area contributed by atoms with Crippen LogP contribution in [-0.2, 0) is 11.3 Å². The van der Waals surface area contributed by atoms with Gasteiger partial charge in [0, 0.05) is 18.3 Å². The molecule has 0 unspecified atom stereocenters. The van der Waals surface area contributed by atoms with Gasteiger partial charge < -0.3 is 15.4 Å². The summed E-state index contributed by atoms with van der Waals surface area (Å²) in [5.74, 6) is -1.03. The highest BCUT2D eigenvalue weighted by Crippen LogP contribution is 2.28. The second-order valence-electron chi connectivity index (χ2n) is 7.89. The first-order valence-electron chi connectivity index (χ1n) is 10.6. The average Bonchev–Trinajstić information content (AvgIpc) is 3.06. The Balaban J connectivity index is 1.59. The molecule has 0 aliphatic carbocycles. The number of rotatable bonds is 6. The summed E-state index contributed by atoms with van der Waals surface area (Å²) in [6, 6.07) is 16.8. The Bertz CT molecular complexity index is 1300. The van der Waals surface area contributed by atoms with Gasteiger partial charge in [0.15, 0.2) is 0 Å². The van der Waals surface area contributed by atoms with Crippen molar-refractivity contribution in [2.75, 3.05) is 17.7 Å². The van der Waals surface area contributed by atoms with Crippen molar-refractivity contribution in [3.63, 3.8) is 0 Å². The molecular formula is C26H23N3O5. The summed E-state index contributed by atoms with van der Waals surface area (Å²) in [4.78, 5) is 51.2. The number of benzene rings is 3. The number of methoxy groups -OCH3 is 1. The first-order valence-corrected chi connectivity index (χ1v) is 10.6. The van der Waals surface area contributed by atoms with Crippen molar-refractivity contribution in [2.45, 2.75) is 20.4 Å². The van der Waals surface area contributed by atoms with E-state index in [4.69, 9.17) is 4.74 Å². The maximum Gasteiger partial charge on any atom is 0.261 e. The molecule has 0 bridgehead atoms. The maximum atomic E-state index is 13.2. The molecule has 2 N–H and O–H groups in total. The largest absolute Gasteiger partial charge is 0.496 e. The lowest BCUT2D eigenvalue weighted by Crippen LogP contribution is -2.29. The van der Waals surface area contributed by atoms with Crippen LogP contribution in [0.3, 0.4) is 0 Å². The van der Waals surface area contributed by atoms with Crippen LogP contribution in [0.2, 0.25) is 0 Å². The predicted molar refractivity (Wildman–Crippen MR) is 127 cm³/mol. The topological polar surface area (TPSA) is 105 Å². The van der Waals surface area contributed by atoms with Gasteiger partial charge in [-0.05, 0) is 54.4 Å². The van der Waals surface area contributed by atoms with Gasteiger partial charge in [-0.1, -0.05) is 24.3 Å². The number of hydrogen-bond donors (Lipinski definition) is 2. The van der Waals surface area contributed by atoms with Crippen LogP contribution in [0.4, 0.5) is 11.4 Å². The predicted octanol–water partition coefficient (Wildman–Crippen LogP) is 4.01. The van der Waals surface area contributed by atoms with Crippen LogP contribution in [0.25, 0.3) is 0 Å². The molecule has 1 heterocycles. The minimum absolute atomic E-state index is 0.0215. The number of nitrogens with zero attached hydrogens (tertiary/aromatic N) is 1. The zero-order valence-corrected chi connectivity index (χ0v) is 19.0. The van der Waals surface area contributed by atoms with Gasteiger partial charge in [-0.15, -0.1) is 0 Å². The number of hydrogen-bond acceptors (Lipinski definition) is 5. The summed E-state index contributed by atoms with van der Waals surface area (Å²) in [6.07, 6.45) is 0. The summed E-state index contributed by atoms with van der Waals surface area (Å²) >= 11 is 0. The van der Waals surface area contributed by atoms with Crippen molar-refractivity contribution >= 4 is 35.0 Å². The smallest absolute Gasteiger partial charge is 0.261 e. The first kappa shape index (κ1) is 22.7. The normalized spacial score (nSPS) is 12.4. The van der Waals surface area contributed by atoms with Gasteiger partial charge in [-0.25, -0.2) is 0 Å². The molecule has 4 rings (SSSR count). The molecule has 0 saturated heterocycles. The van der Waals surface area contributed by atoms with E-state index in [-0.39, 0.29) is 29.8 Å². The fraction of sp³-hybridized carbons (Fsp3) is 0.154. The van der Waals surface area contributed by atoms with Gasteiger partial charge in [0.25, 0.3) is 17.7 Å². The number of nitrogens with one attached hydrogen (secondary N) is 2. The number of imide groups is 1. The lowest BCUT2D eigenvalue weighted by atomic mass is 10.1. The van der Waals surface area contributed by atoms with E-state index < -0.39 is 5.91 Å². The SMILES string of the molecule is COc1ccc(CN2C(=O)c3ccccc3C2=O)cc1C(=O)Nc1cccc(NC(C)=O)c1C. The van der Waals surface area contributed by atoms with E-state index in [0.717, 1.165) is 4.90 Å². The molecular weight excluding hydrogens is 434 g/mol. The Kier molecular flexibility index (Phi) is 6.14. The molecule has 0 fully saturated rings. The lowest BCUT2D eigenvalue weighted by Gasteiger charge is -2.17. The number of ether oxygens (including phenoxy) is 1. The molecule has 8 heteroatoms. The molecule has 0 saturated carbocycles. The number of carbonyl (C=O) groups is 4. The number of carbonyl (C=O) groups excluding carboxylic acids is 4. The van der Waals surface area contributed by atoms with Crippen LogP contribution in [0, 0.1) is 6.92 Å². The van der Waals surface area contributed by atoms with E-state index in [0.29, 0.717) is 39.4 Å². The highest BCUT2D eigenvalue weighted by atomic mass is 16.5. The Morgan fingerprint density at radius 2 is 1.50 bits per heavy atom. The van der Waals surface area contributed by atoms with E-state index in [1.807, 2.05) is 0 Å². The second-order valence-corrected chi connectivity index (χ2v) is 7.89. The molecule has 1 aliphatic rings. The molecule has 0 aromatic heterocycles. The third kappa shape index (κ3) is 4.25. The fourth-order valence-corrected chi connectivity index (χ4v) is 3.88.